The van der Waals surface area contributed by atoms with Crippen LogP contribution in [-0.4, -0.2) is 61.3 Å². The molecule has 0 aliphatic carbocycles. The predicted octanol–water partition coefficient (Wildman–Crippen LogP) is 4.38. The largest absolute Gasteiger partial charge is 0.486 e. The molecule has 6 heteroatoms. The number of fused-ring (bicyclic) bond motifs is 1. The summed E-state index contributed by atoms with van der Waals surface area (Å²) in [6.45, 7) is 5.18. The van der Waals surface area contributed by atoms with Gasteiger partial charge in [-0.1, -0.05) is 30.3 Å². The van der Waals surface area contributed by atoms with Crippen molar-refractivity contribution in [3.8, 4) is 11.5 Å². The normalized spacial score (nSPS) is 21.8. The van der Waals surface area contributed by atoms with Gasteiger partial charge in [0.2, 0.25) is 0 Å². The van der Waals surface area contributed by atoms with E-state index >= 15 is 0 Å². The van der Waals surface area contributed by atoms with Gasteiger partial charge in [-0.05, 0) is 68.6 Å². The molecule has 168 valence electrons. The number of nitrogens with zero attached hydrogens (tertiary/aromatic N) is 3. The Kier molecular flexibility index (Phi) is 6.30. The van der Waals surface area contributed by atoms with Crippen LogP contribution in [0.25, 0.3) is 0 Å². The maximum absolute atomic E-state index is 12.9. The minimum Gasteiger partial charge on any atom is -0.486 e. The number of likely N-dealkylation sites (tertiary alicyclic amines) is 1. The number of piperidine rings is 1. The summed E-state index contributed by atoms with van der Waals surface area (Å²) < 4.78 is 12.0. The van der Waals surface area contributed by atoms with E-state index < -0.39 is 0 Å². The maximum Gasteiger partial charge on any atom is 0.328 e. The summed E-state index contributed by atoms with van der Waals surface area (Å²) in [5, 5.41) is 0. The number of carbonyl (C=O) groups excluding carboxylic acids is 1. The summed E-state index contributed by atoms with van der Waals surface area (Å²) in [5.41, 5.74) is 0.920. The van der Waals surface area contributed by atoms with Crippen LogP contribution in [-0.2, 0) is 0 Å². The van der Waals surface area contributed by atoms with Crippen molar-refractivity contribution >= 4 is 11.7 Å². The lowest BCUT2D eigenvalue weighted by Gasteiger charge is -2.37. The van der Waals surface area contributed by atoms with Crippen LogP contribution in [0, 0.1) is 5.92 Å². The second kappa shape index (κ2) is 9.65. The summed E-state index contributed by atoms with van der Waals surface area (Å²) in [7, 11) is 0. The van der Waals surface area contributed by atoms with Gasteiger partial charge in [-0.3, -0.25) is 9.80 Å². The molecule has 2 aromatic carbocycles. The topological polar surface area (TPSA) is 45.3 Å². The van der Waals surface area contributed by atoms with Crippen LogP contribution in [0.1, 0.15) is 19.3 Å². The number of urea groups is 1. The average molecular weight is 434 g/mol. The molecule has 0 saturated carbocycles. The van der Waals surface area contributed by atoms with Gasteiger partial charge in [0.15, 0.2) is 11.5 Å². The van der Waals surface area contributed by atoms with Crippen molar-refractivity contribution in [2.24, 2.45) is 5.92 Å². The minimum atomic E-state index is 0.0749. The summed E-state index contributed by atoms with van der Waals surface area (Å²) in [6, 6.07) is 17.8. The van der Waals surface area contributed by atoms with Gasteiger partial charge in [-0.15, -0.1) is 0 Å². The summed E-state index contributed by atoms with van der Waals surface area (Å²) in [6.07, 6.45) is 7.45. The third-order valence-electron chi connectivity index (χ3n) is 6.64. The van der Waals surface area contributed by atoms with E-state index in [1.807, 2.05) is 65.7 Å². The third-order valence-corrected chi connectivity index (χ3v) is 6.64. The number of hydrogen-bond acceptors (Lipinski definition) is 4. The van der Waals surface area contributed by atoms with Gasteiger partial charge >= 0.3 is 6.03 Å². The van der Waals surface area contributed by atoms with E-state index in [1.54, 1.807) is 4.90 Å². The first-order valence-corrected chi connectivity index (χ1v) is 11.7. The van der Waals surface area contributed by atoms with Crippen molar-refractivity contribution in [3.05, 3.63) is 66.9 Å². The second-order valence-electron chi connectivity index (χ2n) is 8.85. The van der Waals surface area contributed by atoms with Gasteiger partial charge in [0.05, 0.1) is 5.69 Å². The molecule has 0 aromatic heterocycles. The van der Waals surface area contributed by atoms with Crippen LogP contribution in [0.2, 0.25) is 0 Å². The molecule has 0 N–H and O–H groups in total. The van der Waals surface area contributed by atoms with Crippen molar-refractivity contribution in [1.29, 1.82) is 0 Å². The standard InChI is InChI=1S/C26H31N3O3/c30-26-28(14-6-15-29(26)22-7-2-1-3-8-22)18-13-21-11-16-27(17-12-21)19-23-20-31-24-9-4-5-10-25(24)32-23/h1-10,15,21,23H,11-14,16-20H2. The van der Waals surface area contributed by atoms with E-state index in [1.165, 1.54) is 12.8 Å². The number of hydrogen-bond donors (Lipinski definition) is 0. The Balaban J connectivity index is 1.06. The van der Waals surface area contributed by atoms with Gasteiger partial charge in [0.25, 0.3) is 0 Å². The molecule has 1 fully saturated rings. The quantitative estimate of drug-likeness (QED) is 0.678. The Morgan fingerprint density at radius 2 is 1.69 bits per heavy atom. The molecule has 0 bridgehead atoms. The van der Waals surface area contributed by atoms with E-state index in [2.05, 4.69) is 11.0 Å². The van der Waals surface area contributed by atoms with E-state index in [-0.39, 0.29) is 12.1 Å². The first kappa shape index (κ1) is 20.9. The molecule has 5 rings (SSSR count). The number of amides is 2. The molecular formula is C26H31N3O3. The van der Waals surface area contributed by atoms with E-state index in [0.29, 0.717) is 19.1 Å². The molecule has 0 radical (unpaired) electrons. The monoisotopic (exact) mass is 433 g/mol. The highest BCUT2D eigenvalue weighted by atomic mass is 16.6. The zero-order valence-corrected chi connectivity index (χ0v) is 18.4. The fourth-order valence-corrected chi connectivity index (χ4v) is 4.78. The van der Waals surface area contributed by atoms with Crippen molar-refractivity contribution in [2.45, 2.75) is 25.4 Å². The first-order valence-electron chi connectivity index (χ1n) is 11.7. The van der Waals surface area contributed by atoms with Crippen molar-refractivity contribution < 1.29 is 14.3 Å². The highest BCUT2D eigenvalue weighted by Gasteiger charge is 2.28. The van der Waals surface area contributed by atoms with Crippen LogP contribution in [0.5, 0.6) is 11.5 Å². The molecule has 1 atom stereocenters. The van der Waals surface area contributed by atoms with Crippen LogP contribution in [0.3, 0.4) is 0 Å². The van der Waals surface area contributed by atoms with Crippen molar-refractivity contribution in [1.82, 2.24) is 9.80 Å². The van der Waals surface area contributed by atoms with Gasteiger partial charge in [0.1, 0.15) is 12.7 Å². The lowest BCUT2D eigenvalue weighted by molar-refractivity contribution is 0.0468. The Morgan fingerprint density at radius 3 is 2.50 bits per heavy atom. The van der Waals surface area contributed by atoms with Crippen LogP contribution >= 0.6 is 0 Å². The van der Waals surface area contributed by atoms with Gasteiger partial charge in [0, 0.05) is 25.8 Å². The average Bonchev–Trinajstić information content (AvgIpc) is 2.85. The summed E-state index contributed by atoms with van der Waals surface area (Å²) in [4.78, 5) is 19.1. The Labute approximate surface area is 190 Å². The van der Waals surface area contributed by atoms with Crippen molar-refractivity contribution in [3.63, 3.8) is 0 Å². The van der Waals surface area contributed by atoms with Gasteiger partial charge < -0.3 is 14.4 Å². The van der Waals surface area contributed by atoms with Gasteiger partial charge in [-0.2, -0.15) is 0 Å². The molecule has 2 amide bonds. The number of benzene rings is 2. The van der Waals surface area contributed by atoms with Crippen LogP contribution < -0.4 is 14.4 Å². The first-order chi connectivity index (χ1) is 15.8. The fourth-order valence-electron chi connectivity index (χ4n) is 4.78. The smallest absolute Gasteiger partial charge is 0.328 e. The van der Waals surface area contributed by atoms with Gasteiger partial charge in [-0.25, -0.2) is 4.79 Å². The molecule has 0 spiro atoms. The Morgan fingerprint density at radius 1 is 0.938 bits per heavy atom. The minimum absolute atomic E-state index is 0.0749. The number of carbonyl (C=O) groups is 1. The lowest BCUT2D eigenvalue weighted by Crippen LogP contribution is -2.46. The van der Waals surface area contributed by atoms with E-state index in [0.717, 1.165) is 49.8 Å². The van der Waals surface area contributed by atoms with Crippen LogP contribution in [0.15, 0.2) is 66.9 Å². The zero-order chi connectivity index (χ0) is 21.8. The molecule has 3 aliphatic rings. The SMILES string of the molecule is O=C1N(CCC2CCN(CC3COc4ccccc4O3)CC2)CC=CN1c1ccccc1. The number of anilines is 1. The summed E-state index contributed by atoms with van der Waals surface area (Å²) in [5.74, 6) is 2.36. The molecule has 6 nitrogen and oxygen atoms in total. The zero-order valence-electron chi connectivity index (χ0n) is 18.4. The second-order valence-corrected chi connectivity index (χ2v) is 8.85. The highest BCUT2D eigenvalue weighted by Crippen LogP contribution is 2.31. The number of para-hydroxylation sites is 3. The lowest BCUT2D eigenvalue weighted by atomic mass is 9.93. The van der Waals surface area contributed by atoms with Crippen LogP contribution in [0.4, 0.5) is 10.5 Å². The molecule has 3 heterocycles. The molecule has 1 unspecified atom stereocenters. The Bertz CT molecular complexity index is 940. The molecule has 3 aliphatic heterocycles. The molecule has 2 aromatic rings. The third kappa shape index (κ3) is 4.75. The Hall–Kier alpha value is -2.99. The van der Waals surface area contributed by atoms with Crippen molar-refractivity contribution in [2.75, 3.05) is 44.2 Å². The maximum atomic E-state index is 12.9. The van der Waals surface area contributed by atoms with E-state index in [4.69, 9.17) is 9.47 Å². The highest BCUT2D eigenvalue weighted by molar-refractivity contribution is 5.94. The number of ether oxygens (including phenoxy) is 2. The predicted molar refractivity (Wildman–Crippen MR) is 125 cm³/mol. The molecular weight excluding hydrogens is 402 g/mol. The summed E-state index contributed by atoms with van der Waals surface area (Å²) >= 11 is 0. The number of rotatable bonds is 6. The molecule has 1 saturated heterocycles. The van der Waals surface area contributed by atoms with E-state index in [9.17, 15) is 4.79 Å². The molecule has 32 heavy (non-hydrogen) atoms. The fraction of sp³-hybridized carbons (Fsp3) is 0.423.